The Kier molecular flexibility index (Phi) is 4.71. The van der Waals surface area contributed by atoms with Crippen molar-refractivity contribution in [1.29, 1.82) is 0 Å². The van der Waals surface area contributed by atoms with Gasteiger partial charge in [-0.05, 0) is 18.9 Å². The molecule has 2 rings (SSSR count). The van der Waals surface area contributed by atoms with Gasteiger partial charge >= 0.3 is 0 Å². The van der Waals surface area contributed by atoms with Gasteiger partial charge in [-0.1, -0.05) is 25.7 Å². The summed E-state index contributed by atoms with van der Waals surface area (Å²) in [6, 6.07) is 1.42. The average Bonchev–Trinajstić information content (AvgIpc) is 2.67. The van der Waals surface area contributed by atoms with Crippen LogP contribution in [0, 0.1) is 5.82 Å². The van der Waals surface area contributed by atoms with Crippen molar-refractivity contribution >= 4 is 11.7 Å². The fourth-order valence-corrected chi connectivity index (χ4v) is 2.50. The van der Waals surface area contributed by atoms with Crippen LogP contribution in [0.15, 0.2) is 12.3 Å². The van der Waals surface area contributed by atoms with E-state index in [1.165, 1.54) is 18.9 Å². The number of carbonyl (C=O) groups excluding carboxylic acids is 1. The van der Waals surface area contributed by atoms with Gasteiger partial charge in [0.15, 0.2) is 0 Å². The normalized spacial score (nSPS) is 16.7. The molecule has 1 aliphatic rings. The number of carbonyl (C=O) groups is 1. The number of amides is 1. The smallest absolute Gasteiger partial charge is 0.255 e. The van der Waals surface area contributed by atoms with Crippen LogP contribution in [0.4, 0.5) is 10.2 Å². The molecule has 0 aromatic carbocycles. The fourth-order valence-electron chi connectivity index (χ4n) is 2.50. The molecule has 1 fully saturated rings. The summed E-state index contributed by atoms with van der Waals surface area (Å²) >= 11 is 0. The first kappa shape index (κ1) is 13.8. The Morgan fingerprint density at radius 1 is 1.32 bits per heavy atom. The van der Waals surface area contributed by atoms with E-state index in [0.717, 1.165) is 31.9 Å². The minimum absolute atomic E-state index is 0.197. The molecule has 0 aliphatic heterocycles. The van der Waals surface area contributed by atoms with E-state index in [1.807, 2.05) is 0 Å². The molecule has 0 saturated heterocycles. The van der Waals surface area contributed by atoms with Crippen LogP contribution in [0.25, 0.3) is 0 Å². The van der Waals surface area contributed by atoms with E-state index in [2.05, 4.69) is 15.6 Å². The summed E-state index contributed by atoms with van der Waals surface area (Å²) in [4.78, 5) is 16.1. The molecule has 0 bridgehead atoms. The lowest BCUT2D eigenvalue weighted by Crippen LogP contribution is -2.35. The quantitative estimate of drug-likeness (QED) is 0.826. The van der Waals surface area contributed by atoms with E-state index in [0.29, 0.717) is 5.82 Å². The van der Waals surface area contributed by atoms with Gasteiger partial charge in [0.25, 0.3) is 5.91 Å². The number of hydrogen-bond acceptors (Lipinski definition) is 3. The molecule has 0 unspecified atom stereocenters. The molecular weight excluding hydrogens is 245 g/mol. The molecule has 19 heavy (non-hydrogen) atoms. The summed E-state index contributed by atoms with van der Waals surface area (Å²) in [5.41, 5.74) is 0.270. The number of pyridine rings is 1. The van der Waals surface area contributed by atoms with Crippen LogP contribution in [0.3, 0.4) is 0 Å². The zero-order chi connectivity index (χ0) is 13.7. The first-order valence-corrected chi connectivity index (χ1v) is 6.85. The van der Waals surface area contributed by atoms with E-state index >= 15 is 0 Å². The average molecular weight is 265 g/mol. The number of nitrogens with zero attached hydrogens (tertiary/aromatic N) is 1. The van der Waals surface area contributed by atoms with Gasteiger partial charge in [0.1, 0.15) is 11.6 Å². The van der Waals surface area contributed by atoms with Crippen LogP contribution in [-0.4, -0.2) is 24.0 Å². The van der Waals surface area contributed by atoms with Crippen molar-refractivity contribution in [2.75, 3.05) is 12.4 Å². The molecule has 0 spiro atoms. The third kappa shape index (κ3) is 3.66. The second kappa shape index (κ2) is 6.50. The zero-order valence-electron chi connectivity index (χ0n) is 11.2. The van der Waals surface area contributed by atoms with Crippen LogP contribution in [0.5, 0.6) is 0 Å². The molecule has 104 valence electrons. The topological polar surface area (TPSA) is 54.0 Å². The molecule has 1 aliphatic carbocycles. The molecule has 4 nitrogen and oxygen atoms in total. The van der Waals surface area contributed by atoms with Crippen LogP contribution in [0.2, 0.25) is 0 Å². The second-order valence-electron chi connectivity index (χ2n) is 4.96. The van der Waals surface area contributed by atoms with Crippen LogP contribution < -0.4 is 10.6 Å². The molecule has 1 aromatic rings. The third-order valence-corrected chi connectivity index (χ3v) is 3.53. The molecule has 5 heteroatoms. The van der Waals surface area contributed by atoms with Gasteiger partial charge in [-0.2, -0.15) is 0 Å². The first-order valence-electron chi connectivity index (χ1n) is 6.85. The molecule has 1 amide bonds. The third-order valence-electron chi connectivity index (χ3n) is 3.53. The predicted molar refractivity (Wildman–Crippen MR) is 72.7 cm³/mol. The molecule has 2 N–H and O–H groups in total. The van der Waals surface area contributed by atoms with Crippen molar-refractivity contribution in [1.82, 2.24) is 10.3 Å². The minimum Gasteiger partial charge on any atom is -0.372 e. The van der Waals surface area contributed by atoms with Crippen molar-refractivity contribution in [3.05, 3.63) is 23.6 Å². The highest BCUT2D eigenvalue weighted by atomic mass is 19.1. The second-order valence-corrected chi connectivity index (χ2v) is 4.96. The van der Waals surface area contributed by atoms with Crippen molar-refractivity contribution in [2.45, 2.75) is 44.6 Å². The Morgan fingerprint density at radius 2 is 2.00 bits per heavy atom. The van der Waals surface area contributed by atoms with Gasteiger partial charge in [0.05, 0.1) is 11.8 Å². The summed E-state index contributed by atoms with van der Waals surface area (Å²) in [5, 5.41) is 5.81. The molecule has 1 saturated carbocycles. The van der Waals surface area contributed by atoms with Gasteiger partial charge in [0.2, 0.25) is 0 Å². The molecular formula is C14H20FN3O. The number of nitrogens with one attached hydrogen (secondary N) is 2. The first-order chi connectivity index (χ1) is 9.20. The summed E-state index contributed by atoms with van der Waals surface area (Å²) < 4.78 is 13.2. The van der Waals surface area contributed by atoms with Crippen LogP contribution >= 0.6 is 0 Å². The highest BCUT2D eigenvalue weighted by Gasteiger charge is 2.18. The Hall–Kier alpha value is -1.65. The van der Waals surface area contributed by atoms with Crippen molar-refractivity contribution in [3.8, 4) is 0 Å². The van der Waals surface area contributed by atoms with Gasteiger partial charge in [-0.3, -0.25) is 4.79 Å². The zero-order valence-corrected chi connectivity index (χ0v) is 11.2. The molecule has 0 radical (unpaired) electrons. The van der Waals surface area contributed by atoms with E-state index in [-0.39, 0.29) is 17.5 Å². The Bertz CT molecular complexity index is 442. The number of aromatic nitrogens is 1. The number of anilines is 1. The van der Waals surface area contributed by atoms with E-state index in [9.17, 15) is 9.18 Å². The van der Waals surface area contributed by atoms with Gasteiger partial charge < -0.3 is 10.6 Å². The van der Waals surface area contributed by atoms with Gasteiger partial charge in [0, 0.05) is 13.1 Å². The van der Waals surface area contributed by atoms with E-state index in [1.54, 1.807) is 7.05 Å². The number of halogens is 1. The van der Waals surface area contributed by atoms with Crippen molar-refractivity contribution < 1.29 is 9.18 Å². The van der Waals surface area contributed by atoms with Crippen molar-refractivity contribution in [2.24, 2.45) is 0 Å². The maximum Gasteiger partial charge on any atom is 0.255 e. The molecule has 1 aromatic heterocycles. The summed E-state index contributed by atoms with van der Waals surface area (Å²) in [5.74, 6) is -0.333. The lowest BCUT2D eigenvalue weighted by molar-refractivity contribution is 0.0933. The Balaban J connectivity index is 2.08. The van der Waals surface area contributed by atoms with Gasteiger partial charge in [-0.25, -0.2) is 9.37 Å². The number of rotatable bonds is 3. The maximum absolute atomic E-state index is 13.2. The highest BCUT2D eigenvalue weighted by molar-refractivity contribution is 5.98. The lowest BCUT2D eigenvalue weighted by atomic mass is 10.1. The predicted octanol–water partition coefficient (Wildman–Crippen LogP) is 2.72. The summed E-state index contributed by atoms with van der Waals surface area (Å²) in [6.07, 6.45) is 7.86. The molecule has 1 heterocycles. The fraction of sp³-hybridized carbons (Fsp3) is 0.571. The van der Waals surface area contributed by atoms with Gasteiger partial charge in [-0.15, -0.1) is 0 Å². The lowest BCUT2D eigenvalue weighted by Gasteiger charge is -2.17. The maximum atomic E-state index is 13.2. The highest BCUT2D eigenvalue weighted by Crippen LogP contribution is 2.19. The molecule has 0 atom stereocenters. The van der Waals surface area contributed by atoms with Crippen molar-refractivity contribution in [3.63, 3.8) is 0 Å². The monoisotopic (exact) mass is 265 g/mol. The van der Waals surface area contributed by atoms with E-state index < -0.39 is 5.82 Å². The minimum atomic E-state index is -0.495. The Morgan fingerprint density at radius 3 is 2.63 bits per heavy atom. The van der Waals surface area contributed by atoms with Crippen LogP contribution in [0.1, 0.15) is 48.9 Å². The number of hydrogen-bond donors (Lipinski definition) is 2. The standard InChI is InChI=1S/C14H20FN3O/c1-16-13-12(8-10(15)9-17-13)14(19)18-11-6-4-2-3-5-7-11/h8-9,11H,2-7H2,1H3,(H,16,17)(H,18,19). The Labute approximate surface area is 112 Å². The summed E-state index contributed by atoms with van der Waals surface area (Å²) in [6.45, 7) is 0. The van der Waals surface area contributed by atoms with E-state index in [4.69, 9.17) is 0 Å². The van der Waals surface area contributed by atoms with Crippen LogP contribution in [-0.2, 0) is 0 Å². The summed E-state index contributed by atoms with van der Waals surface area (Å²) in [7, 11) is 1.67. The SMILES string of the molecule is CNc1ncc(F)cc1C(=O)NC1CCCCCC1. The largest absolute Gasteiger partial charge is 0.372 e.